The first-order chi connectivity index (χ1) is 7.63. The fourth-order valence-corrected chi connectivity index (χ4v) is 5.47. The van der Waals surface area contributed by atoms with Crippen LogP contribution >= 0.6 is 0 Å². The van der Waals surface area contributed by atoms with Gasteiger partial charge in [0, 0.05) is 0 Å². The summed E-state index contributed by atoms with van der Waals surface area (Å²) in [6.07, 6.45) is 8.28. The van der Waals surface area contributed by atoms with Gasteiger partial charge in [0.1, 0.15) is 5.78 Å². The predicted molar refractivity (Wildman–Crippen MR) is 64.1 cm³/mol. The zero-order valence-electron chi connectivity index (χ0n) is 10.5. The lowest BCUT2D eigenvalue weighted by molar-refractivity contribution is -0.130. The van der Waals surface area contributed by atoms with E-state index in [9.17, 15) is 4.79 Å². The van der Waals surface area contributed by atoms with Gasteiger partial charge in [-0.05, 0) is 75.7 Å². The Kier molecular flexibility index (Phi) is 2.39. The van der Waals surface area contributed by atoms with E-state index in [1.807, 2.05) is 7.05 Å². The van der Waals surface area contributed by atoms with E-state index in [-0.39, 0.29) is 6.04 Å². The first-order valence-electron chi connectivity index (χ1n) is 6.81. The Bertz CT molecular complexity index is 275. The van der Waals surface area contributed by atoms with E-state index in [1.54, 1.807) is 6.92 Å². The van der Waals surface area contributed by atoms with E-state index in [0.717, 1.165) is 17.8 Å². The van der Waals surface area contributed by atoms with Crippen molar-refractivity contribution in [1.82, 2.24) is 5.32 Å². The molecule has 0 aliphatic heterocycles. The largest absolute Gasteiger partial charge is 0.310 e. The van der Waals surface area contributed by atoms with Crippen LogP contribution in [-0.2, 0) is 4.79 Å². The van der Waals surface area contributed by atoms with Crippen LogP contribution in [0.2, 0.25) is 0 Å². The lowest BCUT2D eigenvalue weighted by Crippen LogP contribution is -2.57. The van der Waals surface area contributed by atoms with Crippen molar-refractivity contribution in [3.05, 3.63) is 0 Å². The van der Waals surface area contributed by atoms with Crippen LogP contribution in [0.25, 0.3) is 0 Å². The molecule has 90 valence electrons. The summed E-state index contributed by atoms with van der Waals surface area (Å²) >= 11 is 0. The van der Waals surface area contributed by atoms with Crippen LogP contribution in [0.5, 0.6) is 0 Å². The average molecular weight is 221 g/mol. The molecule has 1 N–H and O–H groups in total. The second-order valence-electron chi connectivity index (χ2n) is 6.61. The third-order valence-corrected chi connectivity index (χ3v) is 5.39. The minimum absolute atomic E-state index is 0.126. The number of ketones is 1. The van der Waals surface area contributed by atoms with Crippen molar-refractivity contribution in [2.24, 2.45) is 23.2 Å². The number of Topliss-reactive ketones (excluding diaryl/α,β-unsaturated/α-hetero) is 1. The summed E-state index contributed by atoms with van der Waals surface area (Å²) in [5, 5.41) is 3.31. The van der Waals surface area contributed by atoms with Crippen LogP contribution in [0.15, 0.2) is 0 Å². The molecule has 4 aliphatic rings. The summed E-state index contributed by atoms with van der Waals surface area (Å²) < 4.78 is 0. The first-order valence-corrected chi connectivity index (χ1v) is 6.81. The molecule has 0 aromatic heterocycles. The number of rotatable bonds is 3. The van der Waals surface area contributed by atoms with E-state index in [4.69, 9.17) is 0 Å². The molecule has 2 heteroatoms. The van der Waals surface area contributed by atoms with Gasteiger partial charge in [-0.2, -0.15) is 0 Å². The third kappa shape index (κ3) is 1.46. The standard InChI is InChI=1S/C14H23NO/c1-9(16)13(15-2)14-6-10-3-11(7-14)5-12(4-10)8-14/h10-13,15H,3-8H2,1-2H3/t10?,11?,12?,13-,14?/m1/s1. The van der Waals surface area contributed by atoms with Crippen molar-refractivity contribution in [2.75, 3.05) is 7.05 Å². The second-order valence-corrected chi connectivity index (χ2v) is 6.61. The highest BCUT2D eigenvalue weighted by atomic mass is 16.1. The minimum atomic E-state index is 0.126. The molecule has 0 spiro atoms. The highest BCUT2D eigenvalue weighted by Crippen LogP contribution is 2.61. The van der Waals surface area contributed by atoms with Gasteiger partial charge in [-0.15, -0.1) is 0 Å². The van der Waals surface area contributed by atoms with Gasteiger partial charge in [0.05, 0.1) is 6.04 Å². The molecule has 0 radical (unpaired) electrons. The van der Waals surface area contributed by atoms with Crippen molar-refractivity contribution in [3.8, 4) is 0 Å². The van der Waals surface area contributed by atoms with Gasteiger partial charge in [0.2, 0.25) is 0 Å². The van der Waals surface area contributed by atoms with E-state index in [0.29, 0.717) is 11.2 Å². The quantitative estimate of drug-likeness (QED) is 0.793. The van der Waals surface area contributed by atoms with Crippen molar-refractivity contribution in [1.29, 1.82) is 0 Å². The summed E-state index contributed by atoms with van der Waals surface area (Å²) in [6.45, 7) is 1.76. The van der Waals surface area contributed by atoms with Crippen LogP contribution < -0.4 is 5.32 Å². The molecule has 4 saturated carbocycles. The SMILES string of the molecule is CN[C@H](C(C)=O)C12CC3CC(CC(C3)C1)C2. The maximum Gasteiger partial charge on any atom is 0.147 e. The summed E-state index contributed by atoms with van der Waals surface area (Å²) in [5.41, 5.74) is 0.329. The zero-order chi connectivity index (χ0) is 11.3. The van der Waals surface area contributed by atoms with E-state index >= 15 is 0 Å². The predicted octanol–water partition coefficient (Wildman–Crippen LogP) is 2.38. The van der Waals surface area contributed by atoms with Gasteiger partial charge in [-0.3, -0.25) is 4.79 Å². The van der Waals surface area contributed by atoms with Crippen molar-refractivity contribution in [3.63, 3.8) is 0 Å². The maximum atomic E-state index is 11.8. The molecular weight excluding hydrogens is 198 g/mol. The van der Waals surface area contributed by atoms with Crippen molar-refractivity contribution >= 4 is 5.78 Å². The molecule has 16 heavy (non-hydrogen) atoms. The summed E-state index contributed by atoms with van der Waals surface area (Å²) in [4.78, 5) is 11.8. The maximum absolute atomic E-state index is 11.8. The molecule has 0 heterocycles. The molecule has 0 saturated heterocycles. The number of nitrogens with one attached hydrogen (secondary N) is 1. The van der Waals surface area contributed by atoms with Crippen LogP contribution in [0.3, 0.4) is 0 Å². The second kappa shape index (κ2) is 3.56. The number of likely N-dealkylation sites (N-methyl/N-ethyl adjacent to an activating group) is 1. The Morgan fingerprint density at radius 1 is 1.12 bits per heavy atom. The topological polar surface area (TPSA) is 29.1 Å². The van der Waals surface area contributed by atoms with Gasteiger partial charge in [0.25, 0.3) is 0 Å². The smallest absolute Gasteiger partial charge is 0.147 e. The Morgan fingerprint density at radius 3 is 1.88 bits per heavy atom. The normalized spacial score (nSPS) is 47.0. The highest BCUT2D eigenvalue weighted by molar-refractivity contribution is 5.82. The molecule has 4 aliphatic carbocycles. The Balaban J connectivity index is 1.90. The lowest BCUT2D eigenvalue weighted by atomic mass is 9.47. The van der Waals surface area contributed by atoms with Crippen LogP contribution in [-0.4, -0.2) is 18.9 Å². The zero-order valence-corrected chi connectivity index (χ0v) is 10.5. The van der Waals surface area contributed by atoms with Crippen molar-refractivity contribution < 1.29 is 4.79 Å². The summed E-state index contributed by atoms with van der Waals surface area (Å²) in [6, 6.07) is 0.126. The molecule has 1 atom stereocenters. The Labute approximate surface area is 98.2 Å². The Hall–Kier alpha value is -0.370. The fraction of sp³-hybridized carbons (Fsp3) is 0.929. The van der Waals surface area contributed by atoms with Crippen molar-refractivity contribution in [2.45, 2.75) is 51.5 Å². The third-order valence-electron chi connectivity index (χ3n) is 5.39. The first kappa shape index (κ1) is 10.8. The Morgan fingerprint density at radius 2 is 1.56 bits per heavy atom. The van der Waals surface area contributed by atoms with Crippen LogP contribution in [0, 0.1) is 23.2 Å². The molecule has 0 amide bonds. The monoisotopic (exact) mass is 221 g/mol. The van der Waals surface area contributed by atoms with E-state index < -0.39 is 0 Å². The molecule has 2 nitrogen and oxygen atoms in total. The highest BCUT2D eigenvalue weighted by Gasteiger charge is 2.54. The molecule has 4 rings (SSSR count). The minimum Gasteiger partial charge on any atom is -0.310 e. The van der Waals surface area contributed by atoms with Crippen LogP contribution in [0.4, 0.5) is 0 Å². The van der Waals surface area contributed by atoms with Gasteiger partial charge in [-0.1, -0.05) is 0 Å². The lowest BCUT2D eigenvalue weighted by Gasteiger charge is -2.59. The molecule has 4 fully saturated rings. The number of carbonyl (C=O) groups is 1. The molecular formula is C14H23NO. The van der Waals surface area contributed by atoms with Gasteiger partial charge in [0.15, 0.2) is 0 Å². The van der Waals surface area contributed by atoms with Crippen LogP contribution in [0.1, 0.15) is 45.4 Å². The molecule has 0 unspecified atom stereocenters. The van der Waals surface area contributed by atoms with E-state index in [1.165, 1.54) is 38.5 Å². The number of carbonyl (C=O) groups excluding carboxylic acids is 1. The fourth-order valence-electron chi connectivity index (χ4n) is 5.47. The summed E-state index contributed by atoms with van der Waals surface area (Å²) in [7, 11) is 1.96. The van der Waals surface area contributed by atoms with Gasteiger partial charge >= 0.3 is 0 Å². The van der Waals surface area contributed by atoms with Gasteiger partial charge in [-0.25, -0.2) is 0 Å². The molecule has 0 aromatic rings. The van der Waals surface area contributed by atoms with E-state index in [2.05, 4.69) is 5.32 Å². The average Bonchev–Trinajstić information content (AvgIpc) is 2.14. The van der Waals surface area contributed by atoms with Gasteiger partial charge < -0.3 is 5.32 Å². The molecule has 4 bridgehead atoms. The summed E-state index contributed by atoms with van der Waals surface area (Å²) in [5.74, 6) is 3.15. The number of hydrogen-bond acceptors (Lipinski definition) is 2. The number of hydrogen-bond donors (Lipinski definition) is 1. The molecule has 0 aromatic carbocycles.